The molecule has 2 aromatic carbocycles. The van der Waals surface area contributed by atoms with E-state index in [0.717, 1.165) is 11.1 Å². The molecule has 3 rings (SSSR count). The van der Waals surface area contributed by atoms with Crippen molar-refractivity contribution >= 4 is 23.4 Å². The first-order valence-corrected chi connectivity index (χ1v) is 9.20. The van der Waals surface area contributed by atoms with Gasteiger partial charge < -0.3 is 10.2 Å². The first-order chi connectivity index (χ1) is 13.5. The Morgan fingerprint density at radius 2 is 1.61 bits per heavy atom. The molecule has 3 aromatic rings. The summed E-state index contributed by atoms with van der Waals surface area (Å²) in [5.74, 6) is -0.607. The third-order valence-electron chi connectivity index (χ3n) is 4.21. The molecule has 2 amide bonds. The molecule has 1 N–H and O–H groups in total. The van der Waals surface area contributed by atoms with Crippen LogP contribution in [0.5, 0.6) is 0 Å². The summed E-state index contributed by atoms with van der Waals surface area (Å²) in [6.07, 6.45) is 0. The summed E-state index contributed by atoms with van der Waals surface area (Å²) >= 11 is 6.10. The van der Waals surface area contributed by atoms with Crippen LogP contribution >= 0.6 is 11.6 Å². The van der Waals surface area contributed by atoms with Crippen LogP contribution in [-0.4, -0.2) is 28.7 Å². The molecule has 0 unspecified atom stereocenters. The number of rotatable bonds is 6. The standard InChI is InChI=1S/C22H20ClN3O2/c1-26(15-16-8-3-2-4-9-16)22(28)20-13-7-12-19(25-20)21(27)24-14-17-10-5-6-11-18(17)23/h2-13H,14-15H2,1H3,(H,24,27). The van der Waals surface area contributed by atoms with Crippen LogP contribution in [0.4, 0.5) is 0 Å². The highest BCUT2D eigenvalue weighted by molar-refractivity contribution is 6.31. The number of hydrogen-bond acceptors (Lipinski definition) is 3. The van der Waals surface area contributed by atoms with Crippen molar-refractivity contribution in [3.8, 4) is 0 Å². The molecule has 0 fully saturated rings. The van der Waals surface area contributed by atoms with Gasteiger partial charge in [-0.15, -0.1) is 0 Å². The number of nitrogens with zero attached hydrogens (tertiary/aromatic N) is 2. The average molecular weight is 394 g/mol. The molecule has 28 heavy (non-hydrogen) atoms. The van der Waals surface area contributed by atoms with Gasteiger partial charge in [-0.2, -0.15) is 0 Å². The molecule has 0 radical (unpaired) electrons. The zero-order valence-corrected chi connectivity index (χ0v) is 16.2. The minimum absolute atomic E-state index is 0.186. The second-order valence-corrected chi connectivity index (χ2v) is 6.74. The van der Waals surface area contributed by atoms with E-state index >= 15 is 0 Å². The van der Waals surface area contributed by atoms with Gasteiger partial charge in [-0.3, -0.25) is 9.59 Å². The Balaban J connectivity index is 1.66. The Morgan fingerprint density at radius 3 is 2.36 bits per heavy atom. The van der Waals surface area contributed by atoms with Crippen molar-refractivity contribution in [1.82, 2.24) is 15.2 Å². The van der Waals surface area contributed by atoms with Gasteiger partial charge in [0.15, 0.2) is 0 Å². The lowest BCUT2D eigenvalue weighted by Crippen LogP contribution is -2.29. The van der Waals surface area contributed by atoms with Gasteiger partial charge in [-0.1, -0.05) is 66.2 Å². The predicted octanol–water partition coefficient (Wildman–Crippen LogP) is 3.94. The van der Waals surface area contributed by atoms with Crippen molar-refractivity contribution in [1.29, 1.82) is 0 Å². The highest BCUT2D eigenvalue weighted by Gasteiger charge is 2.16. The smallest absolute Gasteiger partial charge is 0.272 e. The Morgan fingerprint density at radius 1 is 0.929 bits per heavy atom. The number of carbonyl (C=O) groups excluding carboxylic acids is 2. The maximum absolute atomic E-state index is 12.7. The van der Waals surface area contributed by atoms with Gasteiger partial charge >= 0.3 is 0 Å². The number of pyridine rings is 1. The van der Waals surface area contributed by atoms with Gasteiger partial charge in [0.05, 0.1) is 0 Å². The fourth-order valence-corrected chi connectivity index (χ4v) is 2.92. The van der Waals surface area contributed by atoms with Crippen molar-refractivity contribution < 1.29 is 9.59 Å². The normalized spacial score (nSPS) is 10.4. The molecule has 1 heterocycles. The molecule has 0 bridgehead atoms. The van der Waals surface area contributed by atoms with Gasteiger partial charge in [-0.05, 0) is 29.3 Å². The van der Waals surface area contributed by atoms with Gasteiger partial charge in [0.1, 0.15) is 11.4 Å². The highest BCUT2D eigenvalue weighted by Crippen LogP contribution is 2.14. The summed E-state index contributed by atoms with van der Waals surface area (Å²) in [6, 6.07) is 21.8. The molecule has 0 aliphatic heterocycles. The Bertz CT molecular complexity index is 976. The topological polar surface area (TPSA) is 62.3 Å². The van der Waals surface area contributed by atoms with Crippen LogP contribution in [0.1, 0.15) is 32.1 Å². The molecule has 6 heteroatoms. The monoisotopic (exact) mass is 393 g/mol. The second-order valence-electron chi connectivity index (χ2n) is 6.33. The Kier molecular flexibility index (Phi) is 6.40. The van der Waals surface area contributed by atoms with Crippen LogP contribution < -0.4 is 5.32 Å². The number of nitrogens with one attached hydrogen (secondary N) is 1. The molecular weight excluding hydrogens is 374 g/mol. The number of benzene rings is 2. The Labute approximate surface area is 169 Å². The summed E-state index contributed by atoms with van der Waals surface area (Å²) in [6.45, 7) is 0.747. The average Bonchev–Trinajstić information content (AvgIpc) is 2.73. The van der Waals surface area contributed by atoms with Crippen molar-refractivity contribution in [3.63, 3.8) is 0 Å². The van der Waals surface area contributed by atoms with E-state index in [4.69, 9.17) is 11.6 Å². The lowest BCUT2D eigenvalue weighted by Gasteiger charge is -2.17. The van der Waals surface area contributed by atoms with Crippen LogP contribution in [-0.2, 0) is 13.1 Å². The van der Waals surface area contributed by atoms with Crippen molar-refractivity contribution in [2.24, 2.45) is 0 Å². The van der Waals surface area contributed by atoms with E-state index in [2.05, 4.69) is 10.3 Å². The number of hydrogen-bond donors (Lipinski definition) is 1. The molecule has 5 nitrogen and oxygen atoms in total. The van der Waals surface area contributed by atoms with E-state index in [1.807, 2.05) is 48.5 Å². The fourth-order valence-electron chi connectivity index (χ4n) is 2.71. The quantitative estimate of drug-likeness (QED) is 0.690. The van der Waals surface area contributed by atoms with Crippen LogP contribution in [0.3, 0.4) is 0 Å². The molecule has 0 atom stereocenters. The van der Waals surface area contributed by atoms with Crippen molar-refractivity contribution in [2.45, 2.75) is 13.1 Å². The first-order valence-electron chi connectivity index (χ1n) is 8.82. The lowest BCUT2D eigenvalue weighted by atomic mass is 10.2. The molecule has 0 saturated carbocycles. The van der Waals surface area contributed by atoms with Gasteiger partial charge in [0, 0.05) is 25.2 Å². The summed E-state index contributed by atoms with van der Waals surface area (Å²) in [4.78, 5) is 30.9. The summed E-state index contributed by atoms with van der Waals surface area (Å²) in [5, 5.41) is 3.37. The SMILES string of the molecule is CN(Cc1ccccc1)C(=O)c1cccc(C(=O)NCc2ccccc2Cl)n1. The summed E-state index contributed by atoms with van der Waals surface area (Å²) < 4.78 is 0. The maximum atomic E-state index is 12.7. The number of amides is 2. The summed E-state index contributed by atoms with van der Waals surface area (Å²) in [5.41, 5.74) is 2.24. The zero-order chi connectivity index (χ0) is 19.9. The predicted molar refractivity (Wildman–Crippen MR) is 109 cm³/mol. The second kappa shape index (κ2) is 9.15. The summed E-state index contributed by atoms with van der Waals surface area (Å²) in [7, 11) is 1.71. The molecule has 0 aliphatic carbocycles. The first kappa shape index (κ1) is 19.6. The van der Waals surface area contributed by atoms with Gasteiger partial charge in [-0.25, -0.2) is 4.98 Å². The van der Waals surface area contributed by atoms with Gasteiger partial charge in [0.2, 0.25) is 0 Å². The fraction of sp³-hybridized carbons (Fsp3) is 0.136. The number of halogens is 1. The van der Waals surface area contributed by atoms with E-state index in [1.165, 1.54) is 0 Å². The minimum atomic E-state index is -0.361. The van der Waals surface area contributed by atoms with Gasteiger partial charge in [0.25, 0.3) is 11.8 Å². The van der Waals surface area contributed by atoms with E-state index < -0.39 is 0 Å². The van der Waals surface area contributed by atoms with Crippen LogP contribution in [0, 0.1) is 0 Å². The molecule has 0 aliphatic rings. The largest absolute Gasteiger partial charge is 0.347 e. The minimum Gasteiger partial charge on any atom is -0.347 e. The number of aromatic nitrogens is 1. The molecule has 0 spiro atoms. The number of carbonyl (C=O) groups is 2. The van der Waals surface area contributed by atoms with Crippen molar-refractivity contribution in [3.05, 3.63) is 100 Å². The van der Waals surface area contributed by atoms with E-state index in [-0.39, 0.29) is 29.7 Å². The Hall–Kier alpha value is -3.18. The lowest BCUT2D eigenvalue weighted by molar-refractivity contribution is 0.0779. The molecule has 0 saturated heterocycles. The van der Waals surface area contributed by atoms with Crippen LogP contribution in [0.2, 0.25) is 5.02 Å². The molecule has 1 aromatic heterocycles. The van der Waals surface area contributed by atoms with Crippen molar-refractivity contribution in [2.75, 3.05) is 7.05 Å². The molecular formula is C22H20ClN3O2. The van der Waals surface area contributed by atoms with Crippen LogP contribution in [0.15, 0.2) is 72.8 Å². The third kappa shape index (κ3) is 4.96. The maximum Gasteiger partial charge on any atom is 0.272 e. The van der Waals surface area contributed by atoms with E-state index in [9.17, 15) is 9.59 Å². The van der Waals surface area contributed by atoms with E-state index in [0.29, 0.717) is 11.6 Å². The van der Waals surface area contributed by atoms with E-state index in [1.54, 1.807) is 36.2 Å². The third-order valence-corrected chi connectivity index (χ3v) is 4.58. The zero-order valence-electron chi connectivity index (χ0n) is 15.4. The molecule has 142 valence electrons. The highest BCUT2D eigenvalue weighted by atomic mass is 35.5. The van der Waals surface area contributed by atoms with Crippen LogP contribution in [0.25, 0.3) is 0 Å².